The molecule has 1 N–H and O–H groups in total. The lowest BCUT2D eigenvalue weighted by Gasteiger charge is -2.09. The maximum atomic E-state index is 12.1. The van der Waals surface area contributed by atoms with Crippen LogP contribution in [-0.4, -0.2) is 59.4 Å². The molecule has 174 valence electrons. The van der Waals surface area contributed by atoms with Crippen LogP contribution in [0.5, 0.6) is 28.9 Å². The second-order valence-electron chi connectivity index (χ2n) is 7.20. The summed E-state index contributed by atoms with van der Waals surface area (Å²) in [4.78, 5) is 12.1. The fraction of sp³-hybridized carbons (Fsp3) is 0.217. The maximum Gasteiger partial charge on any atom is 0.258 e. The molecule has 4 aromatic rings. The van der Waals surface area contributed by atoms with Crippen LogP contribution >= 0.6 is 0 Å². The third-order valence-electron chi connectivity index (χ3n) is 4.97. The summed E-state index contributed by atoms with van der Waals surface area (Å²) in [5.74, 6) is 3.21. The number of carbonyl (C=O) groups is 1. The van der Waals surface area contributed by atoms with Crippen molar-refractivity contribution in [3.05, 3.63) is 54.6 Å². The third kappa shape index (κ3) is 4.63. The summed E-state index contributed by atoms with van der Waals surface area (Å²) < 4.78 is 28.5. The van der Waals surface area contributed by atoms with Gasteiger partial charge in [-0.3, -0.25) is 4.79 Å². The number of carbonyl (C=O) groups excluding carboxylic acids is 1. The van der Waals surface area contributed by atoms with Crippen molar-refractivity contribution < 1.29 is 28.5 Å². The van der Waals surface area contributed by atoms with Crippen molar-refractivity contribution in [3.63, 3.8) is 0 Å². The lowest BCUT2D eigenvalue weighted by Crippen LogP contribution is -2.32. The molecule has 0 aliphatic carbocycles. The average molecular weight is 463 g/mol. The molecule has 3 heterocycles. The van der Waals surface area contributed by atoms with Crippen molar-refractivity contribution in [3.8, 4) is 40.3 Å². The van der Waals surface area contributed by atoms with Crippen molar-refractivity contribution in [2.45, 2.75) is 0 Å². The Morgan fingerprint density at radius 3 is 2.68 bits per heavy atom. The monoisotopic (exact) mass is 463 g/mol. The van der Waals surface area contributed by atoms with E-state index in [1.807, 2.05) is 24.3 Å². The molecule has 0 saturated carbocycles. The number of fused-ring (bicyclic) bond motifs is 2. The van der Waals surface area contributed by atoms with Gasteiger partial charge in [-0.1, -0.05) is 0 Å². The highest BCUT2D eigenvalue weighted by atomic mass is 16.7. The highest BCUT2D eigenvalue weighted by molar-refractivity contribution is 5.77. The van der Waals surface area contributed by atoms with Gasteiger partial charge in [0.1, 0.15) is 18.1 Å². The number of nitrogens with one attached hydrogen (secondary N) is 1. The van der Waals surface area contributed by atoms with E-state index in [4.69, 9.17) is 23.7 Å². The van der Waals surface area contributed by atoms with Gasteiger partial charge < -0.3 is 29.0 Å². The standard InChI is InChI=1S/C23H21N5O6/c1-30-16-4-2-15(3-5-16)23-26-25-20-8-9-22(27-28(20)23)31-11-10-24-21(29)13-32-17-6-7-18-19(12-17)34-14-33-18/h2-9,12H,10-11,13-14H2,1H3,(H,24,29). The van der Waals surface area contributed by atoms with Gasteiger partial charge in [-0.15, -0.1) is 15.3 Å². The Hall–Kier alpha value is -4.54. The highest BCUT2D eigenvalue weighted by Crippen LogP contribution is 2.35. The second-order valence-corrected chi connectivity index (χ2v) is 7.20. The number of hydrogen-bond acceptors (Lipinski definition) is 9. The number of rotatable bonds is 9. The number of amides is 1. The van der Waals surface area contributed by atoms with Crippen molar-refractivity contribution in [2.24, 2.45) is 0 Å². The number of ether oxygens (including phenoxy) is 5. The van der Waals surface area contributed by atoms with E-state index in [-0.39, 0.29) is 32.5 Å². The summed E-state index contributed by atoms with van der Waals surface area (Å²) in [6.45, 7) is 0.571. The smallest absolute Gasteiger partial charge is 0.258 e. The molecule has 0 fully saturated rings. The molecule has 0 bridgehead atoms. The Kier molecular flexibility index (Phi) is 5.97. The fourth-order valence-corrected chi connectivity index (χ4v) is 3.28. The molecule has 1 aliphatic heterocycles. The SMILES string of the molecule is COc1ccc(-c2nnc3ccc(OCCNC(=O)COc4ccc5c(c4)OCO5)nn23)cc1. The molecular formula is C23H21N5O6. The van der Waals surface area contributed by atoms with Crippen molar-refractivity contribution in [2.75, 3.05) is 33.7 Å². The van der Waals surface area contributed by atoms with E-state index in [1.165, 1.54) is 0 Å². The van der Waals surface area contributed by atoms with Gasteiger partial charge in [-0.25, -0.2) is 0 Å². The normalized spacial score (nSPS) is 11.9. The van der Waals surface area contributed by atoms with Gasteiger partial charge in [0.05, 0.1) is 13.7 Å². The first-order valence-electron chi connectivity index (χ1n) is 10.5. The molecule has 5 rings (SSSR count). The third-order valence-corrected chi connectivity index (χ3v) is 4.97. The van der Waals surface area contributed by atoms with E-state index < -0.39 is 0 Å². The minimum Gasteiger partial charge on any atom is -0.497 e. The molecule has 1 aliphatic rings. The van der Waals surface area contributed by atoms with Crippen molar-refractivity contribution >= 4 is 11.6 Å². The van der Waals surface area contributed by atoms with Crippen molar-refractivity contribution in [1.82, 2.24) is 25.1 Å². The molecule has 11 heteroatoms. The molecule has 2 aromatic heterocycles. The van der Waals surface area contributed by atoms with Crippen LogP contribution in [0.3, 0.4) is 0 Å². The van der Waals surface area contributed by atoms with Crippen LogP contribution in [0.25, 0.3) is 17.0 Å². The summed E-state index contributed by atoms with van der Waals surface area (Å²) in [5, 5.41) is 15.5. The Balaban J connectivity index is 1.12. The van der Waals surface area contributed by atoms with Crippen LogP contribution in [0, 0.1) is 0 Å². The van der Waals surface area contributed by atoms with Crippen LogP contribution in [-0.2, 0) is 4.79 Å². The minimum absolute atomic E-state index is 0.129. The Labute approximate surface area is 194 Å². The van der Waals surface area contributed by atoms with Gasteiger partial charge in [0.25, 0.3) is 5.91 Å². The summed E-state index contributed by atoms with van der Waals surface area (Å²) >= 11 is 0. The average Bonchev–Trinajstić information content (AvgIpc) is 3.52. The number of benzene rings is 2. The topological polar surface area (TPSA) is 118 Å². The zero-order valence-corrected chi connectivity index (χ0v) is 18.3. The summed E-state index contributed by atoms with van der Waals surface area (Å²) in [5.41, 5.74) is 1.43. The van der Waals surface area contributed by atoms with Gasteiger partial charge in [-0.2, -0.15) is 4.52 Å². The molecule has 0 saturated heterocycles. The Morgan fingerprint density at radius 2 is 1.82 bits per heavy atom. The van der Waals surface area contributed by atoms with Gasteiger partial charge in [0, 0.05) is 17.7 Å². The highest BCUT2D eigenvalue weighted by Gasteiger charge is 2.14. The molecule has 0 atom stereocenters. The first kappa shape index (κ1) is 21.3. The van der Waals surface area contributed by atoms with E-state index >= 15 is 0 Å². The van der Waals surface area contributed by atoms with Crippen LogP contribution in [0.2, 0.25) is 0 Å². The van der Waals surface area contributed by atoms with E-state index in [0.29, 0.717) is 34.6 Å². The first-order valence-corrected chi connectivity index (χ1v) is 10.5. The molecule has 1 amide bonds. The number of hydrogen-bond donors (Lipinski definition) is 1. The molecule has 0 spiro atoms. The van der Waals surface area contributed by atoms with Gasteiger partial charge in [-0.05, 0) is 42.5 Å². The fourth-order valence-electron chi connectivity index (χ4n) is 3.28. The van der Waals surface area contributed by atoms with Crippen LogP contribution in [0.15, 0.2) is 54.6 Å². The maximum absolute atomic E-state index is 12.1. The number of aromatic nitrogens is 4. The van der Waals surface area contributed by atoms with E-state index in [1.54, 1.807) is 42.0 Å². The lowest BCUT2D eigenvalue weighted by molar-refractivity contribution is -0.123. The quantitative estimate of drug-likeness (QED) is 0.372. The summed E-state index contributed by atoms with van der Waals surface area (Å²) in [6.07, 6.45) is 0. The zero-order chi connectivity index (χ0) is 23.3. The van der Waals surface area contributed by atoms with Crippen LogP contribution in [0.4, 0.5) is 0 Å². The van der Waals surface area contributed by atoms with Crippen LogP contribution in [0.1, 0.15) is 0 Å². The predicted octanol–water partition coefficient (Wildman–Crippen LogP) is 2.10. The predicted molar refractivity (Wildman–Crippen MR) is 119 cm³/mol. The summed E-state index contributed by atoms with van der Waals surface area (Å²) in [7, 11) is 1.61. The second kappa shape index (κ2) is 9.53. The molecular weight excluding hydrogens is 442 g/mol. The zero-order valence-electron chi connectivity index (χ0n) is 18.3. The lowest BCUT2D eigenvalue weighted by atomic mass is 10.2. The van der Waals surface area contributed by atoms with Gasteiger partial charge in [0.15, 0.2) is 29.6 Å². The Morgan fingerprint density at radius 1 is 1.00 bits per heavy atom. The van der Waals surface area contributed by atoms with Crippen LogP contribution < -0.4 is 29.0 Å². The van der Waals surface area contributed by atoms with E-state index in [9.17, 15) is 4.79 Å². The van der Waals surface area contributed by atoms with Gasteiger partial charge in [0.2, 0.25) is 12.7 Å². The minimum atomic E-state index is -0.273. The summed E-state index contributed by atoms with van der Waals surface area (Å²) in [6, 6.07) is 16.1. The molecule has 2 aromatic carbocycles. The number of nitrogens with zero attached hydrogens (tertiary/aromatic N) is 4. The largest absolute Gasteiger partial charge is 0.497 e. The molecule has 11 nitrogen and oxygen atoms in total. The van der Waals surface area contributed by atoms with E-state index in [0.717, 1.165) is 11.3 Å². The first-order chi connectivity index (χ1) is 16.7. The van der Waals surface area contributed by atoms with Crippen molar-refractivity contribution in [1.29, 1.82) is 0 Å². The van der Waals surface area contributed by atoms with E-state index in [2.05, 4.69) is 20.6 Å². The number of methoxy groups -OCH3 is 1. The Bertz CT molecular complexity index is 1310. The molecule has 0 unspecified atom stereocenters. The molecule has 0 radical (unpaired) electrons. The van der Waals surface area contributed by atoms with Gasteiger partial charge >= 0.3 is 0 Å². The molecule has 34 heavy (non-hydrogen) atoms.